The van der Waals surface area contributed by atoms with Crippen LogP contribution in [0.3, 0.4) is 0 Å². The average molecular weight is 476 g/mol. The van der Waals surface area contributed by atoms with Crippen LogP contribution in [0, 0.1) is 4.64 Å². The molecule has 2 aromatic heterocycles. The van der Waals surface area contributed by atoms with Crippen LogP contribution in [0.5, 0.6) is 0 Å². The van der Waals surface area contributed by atoms with E-state index in [0.717, 1.165) is 0 Å². The molecule has 1 saturated heterocycles. The van der Waals surface area contributed by atoms with Crippen LogP contribution in [0.25, 0.3) is 11.2 Å². The third-order valence-corrected chi connectivity index (χ3v) is 8.69. The Balaban J connectivity index is 1.86. The second-order valence-electron chi connectivity index (χ2n) is 8.51. The van der Waals surface area contributed by atoms with E-state index in [9.17, 15) is 19.7 Å². The smallest absolute Gasteiger partial charge is 0.331 e. The molecule has 7 unspecified atom stereocenters. The van der Waals surface area contributed by atoms with Gasteiger partial charge in [-0.3, -0.25) is 14.1 Å². The molecule has 174 valence electrons. The van der Waals surface area contributed by atoms with Crippen molar-refractivity contribution in [1.82, 2.24) is 14.5 Å². The van der Waals surface area contributed by atoms with Gasteiger partial charge in [-0.05, 0) is 19.8 Å². The van der Waals surface area contributed by atoms with E-state index in [0.29, 0.717) is 28.6 Å². The molecule has 0 amide bonds. The van der Waals surface area contributed by atoms with Gasteiger partial charge in [0, 0.05) is 6.42 Å². The number of nitrogens with one attached hydrogen (secondary N) is 1. The predicted octanol–water partition coefficient (Wildman–Crippen LogP) is 2.10. The lowest BCUT2D eigenvalue weighted by molar-refractivity contribution is -0.746. The highest BCUT2D eigenvalue weighted by atomic mass is 32.1. The van der Waals surface area contributed by atoms with Crippen LogP contribution in [-0.2, 0) is 20.9 Å². The van der Waals surface area contributed by atoms with Crippen LogP contribution in [-0.4, -0.2) is 59.2 Å². The minimum atomic E-state index is -3.85. The first-order chi connectivity index (χ1) is 14.4. The Labute approximate surface area is 186 Å². The number of aromatic amines is 1. The highest BCUT2D eigenvalue weighted by Gasteiger charge is 2.49. The van der Waals surface area contributed by atoms with Gasteiger partial charge in [-0.2, -0.15) is 0 Å². The van der Waals surface area contributed by atoms with Crippen molar-refractivity contribution in [2.75, 3.05) is 0 Å². The number of aliphatic hydroxyl groups excluding tert-OH is 2. The SMILES string of the molecule is CCC(C)P(=O)(O)OC(C)(CC)CC1OC([n+]2cn(C)c3c(=S)nc[nH]c32)C(O)C1O. The Hall–Kier alpha value is -1.20. The molecular formula is C19H32N4O6PS+. The number of fused-ring (bicyclic) bond motifs is 1. The molecule has 10 nitrogen and oxygen atoms in total. The van der Waals surface area contributed by atoms with Gasteiger partial charge in [0.2, 0.25) is 11.7 Å². The minimum Gasteiger partial charge on any atom is -0.387 e. The summed E-state index contributed by atoms with van der Waals surface area (Å²) in [4.78, 5) is 17.5. The van der Waals surface area contributed by atoms with Gasteiger partial charge in [0.15, 0.2) is 17.3 Å². The van der Waals surface area contributed by atoms with E-state index in [1.54, 1.807) is 36.4 Å². The number of H-pyrrole nitrogens is 1. The Morgan fingerprint density at radius 1 is 1.45 bits per heavy atom. The summed E-state index contributed by atoms with van der Waals surface area (Å²) in [6, 6.07) is 0. The van der Waals surface area contributed by atoms with Crippen LogP contribution in [0.4, 0.5) is 0 Å². The fraction of sp³-hybridized carbons (Fsp3) is 0.737. The van der Waals surface area contributed by atoms with E-state index in [1.807, 2.05) is 13.8 Å². The molecule has 1 fully saturated rings. The number of aromatic nitrogens is 4. The van der Waals surface area contributed by atoms with Crippen LogP contribution < -0.4 is 4.57 Å². The molecule has 3 rings (SSSR count). The van der Waals surface area contributed by atoms with E-state index in [-0.39, 0.29) is 6.42 Å². The molecule has 3 heterocycles. The normalized spacial score (nSPS) is 29.0. The van der Waals surface area contributed by atoms with Gasteiger partial charge in [-0.25, -0.2) is 9.55 Å². The van der Waals surface area contributed by atoms with Crippen molar-refractivity contribution < 1.29 is 33.5 Å². The lowest BCUT2D eigenvalue weighted by atomic mass is 9.93. The van der Waals surface area contributed by atoms with Gasteiger partial charge < -0.3 is 24.4 Å². The maximum absolute atomic E-state index is 12.7. The zero-order valence-corrected chi connectivity index (χ0v) is 20.1. The standard InChI is InChI=1S/C19H31N4O6PS/c1-6-11(3)30(26,27)29-19(4,7-2)8-12-14(24)15(25)18(28-12)23-10-22(5)13-16(23)20-9-21-17(13)31/h9-12,14-15,18,24-25H,6-8H2,1-5H3,(H-,20,21,26,27,31)/p+1. The largest absolute Gasteiger partial charge is 0.387 e. The quantitative estimate of drug-likeness (QED) is 0.259. The molecule has 1 aliphatic heterocycles. The van der Waals surface area contributed by atoms with Crippen molar-refractivity contribution in [3.8, 4) is 0 Å². The highest BCUT2D eigenvalue weighted by Crippen LogP contribution is 2.53. The molecular weight excluding hydrogens is 443 g/mol. The van der Waals surface area contributed by atoms with E-state index < -0.39 is 43.4 Å². The second kappa shape index (κ2) is 8.97. The van der Waals surface area contributed by atoms with Crippen molar-refractivity contribution >= 4 is 31.0 Å². The Kier molecular flexibility index (Phi) is 7.08. The van der Waals surface area contributed by atoms with Gasteiger partial charge >= 0.3 is 7.60 Å². The topological polar surface area (TPSA) is 134 Å². The first-order valence-electron chi connectivity index (χ1n) is 10.4. The first kappa shape index (κ1) is 24.4. The Morgan fingerprint density at radius 2 is 2.13 bits per heavy atom. The lowest BCUT2D eigenvalue weighted by Gasteiger charge is -2.34. The Morgan fingerprint density at radius 3 is 2.74 bits per heavy atom. The van der Waals surface area contributed by atoms with Gasteiger partial charge in [-0.15, -0.1) is 0 Å². The van der Waals surface area contributed by atoms with E-state index in [4.69, 9.17) is 21.5 Å². The van der Waals surface area contributed by atoms with Crippen molar-refractivity contribution in [2.45, 2.75) is 82.8 Å². The van der Waals surface area contributed by atoms with Gasteiger partial charge in [0.25, 0.3) is 5.65 Å². The lowest BCUT2D eigenvalue weighted by Crippen LogP contribution is -2.46. The van der Waals surface area contributed by atoms with Crippen LogP contribution >= 0.6 is 19.8 Å². The molecule has 0 aromatic carbocycles. The van der Waals surface area contributed by atoms with Crippen molar-refractivity contribution in [2.24, 2.45) is 7.05 Å². The molecule has 1 aliphatic rings. The first-order valence-corrected chi connectivity index (χ1v) is 12.5. The monoisotopic (exact) mass is 475 g/mol. The maximum atomic E-state index is 12.7. The number of nitrogens with zero attached hydrogens (tertiary/aromatic N) is 3. The molecule has 0 saturated carbocycles. The van der Waals surface area contributed by atoms with Crippen LogP contribution in [0.1, 0.15) is 53.2 Å². The highest BCUT2D eigenvalue weighted by molar-refractivity contribution is 7.71. The third kappa shape index (κ3) is 4.64. The van der Waals surface area contributed by atoms with Gasteiger partial charge in [0.1, 0.15) is 12.2 Å². The Bertz CT molecular complexity index is 1040. The number of aliphatic hydroxyl groups is 2. The summed E-state index contributed by atoms with van der Waals surface area (Å²) in [6.07, 6.45) is 0.159. The summed E-state index contributed by atoms with van der Waals surface area (Å²) in [5.41, 5.74) is -0.247. The van der Waals surface area contributed by atoms with Crippen molar-refractivity contribution in [1.29, 1.82) is 0 Å². The number of ether oxygens (including phenoxy) is 1. The predicted molar refractivity (Wildman–Crippen MR) is 116 cm³/mol. The molecule has 0 bridgehead atoms. The molecule has 4 N–H and O–H groups in total. The molecule has 12 heteroatoms. The summed E-state index contributed by atoms with van der Waals surface area (Å²) in [6.45, 7) is 7.07. The number of aryl methyl sites for hydroxylation is 1. The summed E-state index contributed by atoms with van der Waals surface area (Å²) < 4.78 is 28.3. The van der Waals surface area contributed by atoms with Crippen LogP contribution in [0.2, 0.25) is 0 Å². The zero-order valence-electron chi connectivity index (χ0n) is 18.4. The van der Waals surface area contributed by atoms with Crippen molar-refractivity contribution in [3.63, 3.8) is 0 Å². The van der Waals surface area contributed by atoms with E-state index in [1.165, 1.54) is 6.33 Å². The minimum absolute atomic E-state index is 0.141. The molecule has 31 heavy (non-hydrogen) atoms. The number of rotatable bonds is 8. The van der Waals surface area contributed by atoms with Crippen molar-refractivity contribution in [3.05, 3.63) is 17.3 Å². The van der Waals surface area contributed by atoms with Gasteiger partial charge in [0.05, 0.1) is 24.4 Å². The second-order valence-corrected chi connectivity index (χ2v) is 11.1. The third-order valence-electron chi connectivity index (χ3n) is 6.21. The fourth-order valence-corrected chi connectivity index (χ4v) is 5.60. The number of imidazole rings is 1. The molecule has 2 aromatic rings. The number of hydrogen-bond acceptors (Lipinski definition) is 7. The van der Waals surface area contributed by atoms with E-state index in [2.05, 4.69) is 9.97 Å². The molecule has 7 atom stereocenters. The van der Waals surface area contributed by atoms with E-state index >= 15 is 0 Å². The molecule has 0 spiro atoms. The van der Waals surface area contributed by atoms with Crippen LogP contribution in [0.15, 0.2) is 12.7 Å². The summed E-state index contributed by atoms with van der Waals surface area (Å²) in [5, 5.41) is 21.5. The summed E-state index contributed by atoms with van der Waals surface area (Å²) in [7, 11) is -2.05. The number of hydrogen-bond donors (Lipinski definition) is 4. The average Bonchev–Trinajstić information content (AvgIpc) is 3.19. The fourth-order valence-electron chi connectivity index (χ4n) is 3.83. The molecule has 0 aliphatic carbocycles. The summed E-state index contributed by atoms with van der Waals surface area (Å²) in [5.74, 6) is 0. The van der Waals surface area contributed by atoms with Gasteiger partial charge in [-0.1, -0.05) is 33.0 Å². The molecule has 0 radical (unpaired) electrons. The maximum Gasteiger partial charge on any atom is 0.331 e. The summed E-state index contributed by atoms with van der Waals surface area (Å²) >= 11 is 5.29. The zero-order chi connectivity index (χ0) is 23.1.